The Bertz CT molecular complexity index is 3020. The van der Waals surface area contributed by atoms with Crippen LogP contribution in [0.4, 0.5) is 15.4 Å². The van der Waals surface area contributed by atoms with Crippen molar-refractivity contribution < 1.29 is 28.5 Å². The first-order valence-corrected chi connectivity index (χ1v) is 28.2. The van der Waals surface area contributed by atoms with Crippen LogP contribution in [0, 0.1) is 22.7 Å². The smallest absolute Gasteiger partial charge is 0.410 e. The van der Waals surface area contributed by atoms with Gasteiger partial charge in [-0.25, -0.2) is 19.6 Å². The molecule has 6 aromatic rings. The average molecular weight is 1130 g/mol. The van der Waals surface area contributed by atoms with Gasteiger partial charge in [-0.2, -0.15) is 10.5 Å². The molecule has 0 spiro atoms. The number of halogens is 1. The maximum Gasteiger partial charge on any atom is 0.410 e. The molecule has 14 nitrogen and oxygen atoms in total. The Morgan fingerprint density at radius 2 is 1.06 bits per heavy atom. The second kappa shape index (κ2) is 29.5. The minimum atomic E-state index is -0.563. The van der Waals surface area contributed by atoms with Gasteiger partial charge >= 0.3 is 12.2 Å². The predicted molar refractivity (Wildman–Crippen MR) is 316 cm³/mol. The number of nitrogens with two attached hydrogens (primary N) is 1. The highest BCUT2D eigenvalue weighted by Gasteiger charge is 2.33. The molecule has 79 heavy (non-hydrogen) atoms. The summed E-state index contributed by atoms with van der Waals surface area (Å²) in [6.07, 6.45) is 4.77. The molecule has 0 bridgehead atoms. The van der Waals surface area contributed by atoms with Crippen LogP contribution in [0.2, 0.25) is 0 Å². The SMILES string of the molecule is CC(C)(C)OC(=O)N1CCCC(c2cc(-c3ccccc3OCc3ccccc3)nc(Br)c2C#N)C1.CCCN.CCCNc1nc(-c2ccccc2OCc2ccccc2)cc(C2CCCN(C(=O)OC(C)(C)C)C2)c1C#N. The van der Waals surface area contributed by atoms with E-state index in [2.05, 4.69) is 47.2 Å². The van der Waals surface area contributed by atoms with Crippen LogP contribution in [-0.2, 0) is 22.7 Å². The van der Waals surface area contributed by atoms with E-state index in [-0.39, 0.29) is 24.0 Å². The first-order chi connectivity index (χ1) is 37.9. The Kier molecular flexibility index (Phi) is 22.7. The van der Waals surface area contributed by atoms with E-state index in [1.807, 2.05) is 163 Å². The van der Waals surface area contributed by atoms with Gasteiger partial charge in [0, 0.05) is 55.7 Å². The first-order valence-electron chi connectivity index (χ1n) is 27.4. The lowest BCUT2D eigenvalue weighted by Crippen LogP contribution is -2.42. The number of carbonyl (C=O) groups excluding carboxylic acids is 2. The summed E-state index contributed by atoms with van der Waals surface area (Å²) in [6.45, 7) is 20.0. The van der Waals surface area contributed by atoms with Crippen molar-refractivity contribution in [1.29, 1.82) is 10.5 Å². The van der Waals surface area contributed by atoms with Gasteiger partial charge in [0.25, 0.3) is 0 Å². The largest absolute Gasteiger partial charge is 0.488 e. The number of nitrogens with zero attached hydrogens (tertiary/aromatic N) is 6. The molecule has 0 saturated carbocycles. The highest BCUT2D eigenvalue weighted by molar-refractivity contribution is 9.10. The zero-order valence-electron chi connectivity index (χ0n) is 47.2. The molecule has 416 valence electrons. The molecule has 15 heteroatoms. The Balaban J connectivity index is 0.000000240. The van der Waals surface area contributed by atoms with Crippen LogP contribution < -0.4 is 20.5 Å². The highest BCUT2D eigenvalue weighted by atomic mass is 79.9. The summed E-state index contributed by atoms with van der Waals surface area (Å²) in [5.41, 5.74) is 12.0. The first kappa shape index (κ1) is 60.8. The van der Waals surface area contributed by atoms with E-state index in [0.717, 1.165) is 95.6 Å². The molecule has 2 amide bonds. The maximum absolute atomic E-state index is 12.9. The van der Waals surface area contributed by atoms with Crippen molar-refractivity contribution in [3.8, 4) is 46.2 Å². The summed E-state index contributed by atoms with van der Waals surface area (Å²) in [7, 11) is 0. The van der Waals surface area contributed by atoms with Gasteiger partial charge < -0.3 is 39.8 Å². The second-order valence-corrected chi connectivity index (χ2v) is 22.3. The van der Waals surface area contributed by atoms with Crippen molar-refractivity contribution in [2.45, 2.75) is 130 Å². The minimum absolute atomic E-state index is 0.00336. The monoisotopic (exact) mass is 1130 g/mol. The molecule has 2 aliphatic heterocycles. The van der Waals surface area contributed by atoms with Crippen molar-refractivity contribution in [1.82, 2.24) is 19.8 Å². The van der Waals surface area contributed by atoms with Gasteiger partial charge in [0.1, 0.15) is 58.5 Å². The predicted octanol–water partition coefficient (Wildman–Crippen LogP) is 14.6. The number of aromatic nitrogens is 2. The van der Waals surface area contributed by atoms with Crippen molar-refractivity contribution >= 4 is 33.9 Å². The summed E-state index contributed by atoms with van der Waals surface area (Å²) >= 11 is 3.53. The van der Waals surface area contributed by atoms with E-state index in [0.29, 0.717) is 73.2 Å². The third-order valence-electron chi connectivity index (χ3n) is 12.9. The van der Waals surface area contributed by atoms with E-state index in [9.17, 15) is 20.1 Å². The molecular weight excluding hydrogens is 1060 g/mol. The molecule has 2 unspecified atom stereocenters. The number of rotatable bonds is 14. The molecule has 2 fully saturated rings. The van der Waals surface area contributed by atoms with Gasteiger partial charge in [0.2, 0.25) is 0 Å². The van der Waals surface area contributed by atoms with Crippen LogP contribution >= 0.6 is 15.9 Å². The van der Waals surface area contributed by atoms with Gasteiger partial charge in [-0.1, -0.05) is 98.8 Å². The number of carbonyl (C=O) groups is 2. The average Bonchev–Trinajstić information content (AvgIpc) is 3.47. The molecule has 8 rings (SSSR count). The summed E-state index contributed by atoms with van der Waals surface area (Å²) in [5.74, 6) is 2.00. The van der Waals surface area contributed by atoms with E-state index in [1.165, 1.54) is 0 Å². The third kappa shape index (κ3) is 18.0. The van der Waals surface area contributed by atoms with Crippen molar-refractivity contribution in [3.63, 3.8) is 0 Å². The Morgan fingerprint density at radius 3 is 1.48 bits per heavy atom. The quantitative estimate of drug-likeness (QED) is 0.0984. The van der Waals surface area contributed by atoms with E-state index in [4.69, 9.17) is 34.6 Å². The molecule has 2 aliphatic rings. The molecule has 2 saturated heterocycles. The fraction of sp³-hybridized carbons (Fsp3) is 0.406. The lowest BCUT2D eigenvalue weighted by Gasteiger charge is -2.35. The van der Waals surface area contributed by atoms with Gasteiger partial charge in [-0.3, -0.25) is 0 Å². The van der Waals surface area contributed by atoms with Crippen LogP contribution in [-0.4, -0.2) is 82.4 Å². The van der Waals surface area contributed by atoms with Crippen molar-refractivity contribution in [2.75, 3.05) is 44.6 Å². The molecule has 3 N–H and O–H groups in total. The molecule has 2 atom stereocenters. The normalized spacial score (nSPS) is 15.1. The Hall–Kier alpha value is -7.46. The number of hydrogen-bond acceptors (Lipinski definition) is 12. The molecular formula is C64H77BrN8O6. The van der Waals surface area contributed by atoms with Crippen molar-refractivity contribution in [3.05, 3.63) is 159 Å². The number of hydrogen-bond donors (Lipinski definition) is 2. The van der Waals surface area contributed by atoms with E-state index in [1.54, 1.807) is 9.80 Å². The van der Waals surface area contributed by atoms with Crippen LogP contribution in [0.1, 0.15) is 139 Å². The van der Waals surface area contributed by atoms with E-state index < -0.39 is 11.2 Å². The number of likely N-dealkylation sites (tertiary alicyclic amines) is 2. The number of para-hydroxylation sites is 2. The number of amides is 2. The zero-order chi connectivity index (χ0) is 57.0. The molecule has 4 aromatic carbocycles. The Morgan fingerprint density at radius 1 is 0.646 bits per heavy atom. The van der Waals surface area contributed by atoms with Crippen LogP contribution in [0.5, 0.6) is 11.5 Å². The van der Waals surface area contributed by atoms with E-state index >= 15 is 0 Å². The zero-order valence-corrected chi connectivity index (χ0v) is 48.8. The molecule has 2 aromatic heterocycles. The standard InChI is InChI=1S/C32H38N4O3.C29H30BrN3O3.C3H9N/c1-5-17-34-30-27(20-33)26(24-14-11-18-36(21-24)31(37)39-32(2,3)4)19-28(35-30)25-15-9-10-16-29(25)38-22-23-12-7-6-8-13-23;1-29(2,3)36-28(34)33-15-9-12-21(18-33)23-16-25(32-27(30)24(23)17-31)22-13-7-8-14-26(22)35-19-20-10-5-4-6-11-20;1-2-3-4/h6-10,12-13,15-16,19,24H,5,11,14,17-18,21-22H2,1-4H3,(H,34,35);4-8,10-11,13-14,16,21H,9,12,15,18-19H2,1-3H3;2-4H2,1H3. The van der Waals surface area contributed by atoms with Gasteiger partial charge in [0.15, 0.2) is 0 Å². The number of nitrogens with one attached hydrogen (secondary N) is 1. The summed E-state index contributed by atoms with van der Waals surface area (Å²) in [6, 6.07) is 44.4. The summed E-state index contributed by atoms with van der Waals surface area (Å²) in [4.78, 5) is 38.7. The number of piperidine rings is 2. The van der Waals surface area contributed by atoms with Crippen LogP contribution in [0.3, 0.4) is 0 Å². The number of benzene rings is 4. The number of ether oxygens (including phenoxy) is 4. The lowest BCUT2D eigenvalue weighted by atomic mass is 9.87. The third-order valence-corrected chi connectivity index (χ3v) is 13.5. The fourth-order valence-corrected chi connectivity index (χ4v) is 9.65. The van der Waals surface area contributed by atoms with Crippen LogP contribution in [0.15, 0.2) is 126 Å². The second-order valence-electron chi connectivity index (χ2n) is 21.6. The highest BCUT2D eigenvalue weighted by Crippen LogP contribution is 2.40. The number of pyridine rings is 2. The van der Waals surface area contributed by atoms with Gasteiger partial charge in [-0.15, -0.1) is 0 Å². The maximum atomic E-state index is 12.9. The minimum Gasteiger partial charge on any atom is -0.488 e. The van der Waals surface area contributed by atoms with Gasteiger partial charge in [-0.05, 0) is 161 Å². The Labute approximate surface area is 476 Å². The molecule has 4 heterocycles. The fourth-order valence-electron chi connectivity index (χ4n) is 9.14. The van der Waals surface area contributed by atoms with Gasteiger partial charge in [0.05, 0.1) is 22.5 Å². The topological polar surface area (TPSA) is 189 Å². The number of nitriles is 2. The summed E-state index contributed by atoms with van der Waals surface area (Å²) in [5, 5.41) is 23.5. The number of anilines is 1. The molecule has 0 radical (unpaired) electrons. The lowest BCUT2D eigenvalue weighted by molar-refractivity contribution is 0.0188. The van der Waals surface area contributed by atoms with Crippen LogP contribution in [0.25, 0.3) is 22.5 Å². The molecule has 0 aliphatic carbocycles. The van der Waals surface area contributed by atoms with Crippen molar-refractivity contribution in [2.24, 2.45) is 5.73 Å². The summed E-state index contributed by atoms with van der Waals surface area (Å²) < 4.78 is 24.1.